The lowest BCUT2D eigenvalue weighted by Gasteiger charge is -2.02. The second-order valence-electron chi connectivity index (χ2n) is 4.50. The monoisotopic (exact) mass is 243 g/mol. The maximum absolute atomic E-state index is 12.0. The van der Waals surface area contributed by atoms with Crippen molar-refractivity contribution < 1.29 is 4.79 Å². The number of nitrogens with one attached hydrogen (secondary N) is 2. The minimum atomic E-state index is -0.0932. The summed E-state index contributed by atoms with van der Waals surface area (Å²) in [6.45, 7) is 4.53. The highest BCUT2D eigenvalue weighted by Gasteiger charge is 2.11. The molecule has 18 heavy (non-hydrogen) atoms. The molecule has 4 heteroatoms. The first-order chi connectivity index (χ1) is 8.58. The average Bonchev–Trinajstić information content (AvgIpc) is 2.71. The van der Waals surface area contributed by atoms with Gasteiger partial charge in [0.1, 0.15) is 0 Å². The molecule has 1 aromatic carbocycles. The highest BCUT2D eigenvalue weighted by Crippen LogP contribution is 2.20. The van der Waals surface area contributed by atoms with E-state index in [0.717, 1.165) is 10.9 Å². The number of carbonyl (C=O) groups excluding carboxylic acids is 1. The van der Waals surface area contributed by atoms with Crippen LogP contribution in [0.5, 0.6) is 0 Å². The molecule has 0 atom stereocenters. The molecule has 0 spiro atoms. The summed E-state index contributed by atoms with van der Waals surface area (Å²) in [6.07, 6.45) is 3.68. The molecule has 0 aliphatic heterocycles. The van der Waals surface area contributed by atoms with E-state index in [2.05, 4.69) is 10.3 Å². The Morgan fingerprint density at radius 1 is 1.44 bits per heavy atom. The Morgan fingerprint density at radius 3 is 2.94 bits per heavy atom. The van der Waals surface area contributed by atoms with E-state index in [1.165, 1.54) is 5.57 Å². The summed E-state index contributed by atoms with van der Waals surface area (Å²) in [5.41, 5.74) is 9.11. The standard InChI is InChI=1S/C14H17N3O/c1-9(2)5-6-16-14(18)12-8-17-13-4-3-10(15)7-11(12)13/h3-5,7-8,17H,6,15H2,1-2H3,(H,16,18). The minimum Gasteiger partial charge on any atom is -0.399 e. The number of benzene rings is 1. The lowest BCUT2D eigenvalue weighted by atomic mass is 10.1. The molecule has 4 N–H and O–H groups in total. The second kappa shape index (κ2) is 4.96. The van der Waals surface area contributed by atoms with Crippen LogP contribution < -0.4 is 11.1 Å². The van der Waals surface area contributed by atoms with Crippen molar-refractivity contribution in [1.29, 1.82) is 0 Å². The van der Waals surface area contributed by atoms with Gasteiger partial charge in [-0.15, -0.1) is 0 Å². The molecule has 94 valence electrons. The summed E-state index contributed by atoms with van der Waals surface area (Å²) in [7, 11) is 0. The first-order valence-corrected chi connectivity index (χ1v) is 5.86. The Hall–Kier alpha value is -2.23. The number of H-pyrrole nitrogens is 1. The third kappa shape index (κ3) is 2.53. The Balaban J connectivity index is 2.22. The van der Waals surface area contributed by atoms with E-state index in [4.69, 9.17) is 5.73 Å². The third-order valence-corrected chi connectivity index (χ3v) is 2.72. The third-order valence-electron chi connectivity index (χ3n) is 2.72. The van der Waals surface area contributed by atoms with Gasteiger partial charge in [-0.25, -0.2) is 0 Å². The normalized spacial score (nSPS) is 10.3. The zero-order valence-corrected chi connectivity index (χ0v) is 10.6. The molecule has 0 saturated heterocycles. The van der Waals surface area contributed by atoms with Gasteiger partial charge in [-0.05, 0) is 32.0 Å². The SMILES string of the molecule is CC(C)=CCNC(=O)c1c[nH]c2ccc(N)cc12. The van der Waals surface area contributed by atoms with Crippen LogP contribution in [0.1, 0.15) is 24.2 Å². The molecular formula is C14H17N3O. The molecule has 0 fully saturated rings. The number of anilines is 1. The number of rotatable bonds is 3. The van der Waals surface area contributed by atoms with Crippen molar-refractivity contribution in [2.75, 3.05) is 12.3 Å². The van der Waals surface area contributed by atoms with Crippen LogP contribution in [-0.2, 0) is 0 Å². The first-order valence-electron chi connectivity index (χ1n) is 5.86. The van der Waals surface area contributed by atoms with Crippen LogP contribution in [0.3, 0.4) is 0 Å². The predicted octanol–water partition coefficient (Wildman–Crippen LogP) is 2.45. The van der Waals surface area contributed by atoms with E-state index in [0.29, 0.717) is 17.8 Å². The summed E-state index contributed by atoms with van der Waals surface area (Å²) in [6, 6.07) is 5.49. The molecule has 0 saturated carbocycles. The van der Waals surface area contributed by atoms with Crippen LogP contribution >= 0.6 is 0 Å². The predicted molar refractivity (Wildman–Crippen MR) is 74.5 cm³/mol. The number of nitrogens with two attached hydrogens (primary N) is 1. The van der Waals surface area contributed by atoms with Gasteiger partial charge < -0.3 is 16.0 Å². The van der Waals surface area contributed by atoms with Crippen LogP contribution in [0.25, 0.3) is 10.9 Å². The van der Waals surface area contributed by atoms with Gasteiger partial charge in [-0.1, -0.05) is 11.6 Å². The van der Waals surface area contributed by atoms with E-state index in [1.54, 1.807) is 6.20 Å². The van der Waals surface area contributed by atoms with E-state index >= 15 is 0 Å². The molecular weight excluding hydrogens is 226 g/mol. The number of carbonyl (C=O) groups is 1. The lowest BCUT2D eigenvalue weighted by molar-refractivity contribution is 0.0959. The number of aromatic nitrogens is 1. The summed E-state index contributed by atoms with van der Waals surface area (Å²) >= 11 is 0. The number of nitrogen functional groups attached to an aromatic ring is 1. The van der Waals surface area contributed by atoms with Gasteiger partial charge in [0.05, 0.1) is 5.56 Å². The summed E-state index contributed by atoms with van der Waals surface area (Å²) < 4.78 is 0. The van der Waals surface area contributed by atoms with Crippen LogP contribution in [0.15, 0.2) is 36.0 Å². The molecule has 0 aliphatic carbocycles. The van der Waals surface area contributed by atoms with Gasteiger partial charge in [0.25, 0.3) is 5.91 Å². The molecule has 0 aliphatic rings. The van der Waals surface area contributed by atoms with Crippen molar-refractivity contribution in [2.24, 2.45) is 0 Å². The smallest absolute Gasteiger partial charge is 0.253 e. The lowest BCUT2D eigenvalue weighted by Crippen LogP contribution is -2.23. The molecule has 0 bridgehead atoms. The fourth-order valence-electron chi connectivity index (χ4n) is 1.77. The fraction of sp³-hybridized carbons (Fsp3) is 0.214. The number of fused-ring (bicyclic) bond motifs is 1. The van der Waals surface area contributed by atoms with Crippen molar-refractivity contribution in [2.45, 2.75) is 13.8 Å². The maximum Gasteiger partial charge on any atom is 0.253 e. The zero-order valence-electron chi connectivity index (χ0n) is 10.6. The molecule has 0 radical (unpaired) electrons. The summed E-state index contributed by atoms with van der Waals surface area (Å²) in [4.78, 5) is 15.1. The molecule has 4 nitrogen and oxygen atoms in total. The molecule has 0 unspecified atom stereocenters. The molecule has 1 heterocycles. The number of aromatic amines is 1. The van der Waals surface area contributed by atoms with E-state index in [9.17, 15) is 4.79 Å². The molecule has 1 amide bonds. The number of hydrogen-bond acceptors (Lipinski definition) is 2. The topological polar surface area (TPSA) is 70.9 Å². The maximum atomic E-state index is 12.0. The van der Waals surface area contributed by atoms with Gasteiger partial charge in [0, 0.05) is 29.3 Å². The molecule has 2 rings (SSSR count). The van der Waals surface area contributed by atoms with E-state index in [1.807, 2.05) is 38.1 Å². The quantitative estimate of drug-likeness (QED) is 0.572. The van der Waals surface area contributed by atoms with Crippen molar-refractivity contribution >= 4 is 22.5 Å². The number of allylic oxidation sites excluding steroid dienone is 1. The summed E-state index contributed by atoms with van der Waals surface area (Å²) in [5.74, 6) is -0.0932. The average molecular weight is 243 g/mol. The van der Waals surface area contributed by atoms with Crippen molar-refractivity contribution in [1.82, 2.24) is 10.3 Å². The van der Waals surface area contributed by atoms with Crippen LogP contribution in [0.2, 0.25) is 0 Å². The zero-order chi connectivity index (χ0) is 13.1. The van der Waals surface area contributed by atoms with E-state index in [-0.39, 0.29) is 5.91 Å². The van der Waals surface area contributed by atoms with Crippen LogP contribution in [0.4, 0.5) is 5.69 Å². The van der Waals surface area contributed by atoms with Gasteiger partial charge in [0.2, 0.25) is 0 Å². The van der Waals surface area contributed by atoms with Crippen molar-refractivity contribution in [3.63, 3.8) is 0 Å². The number of hydrogen-bond donors (Lipinski definition) is 3. The van der Waals surface area contributed by atoms with Gasteiger partial charge >= 0.3 is 0 Å². The van der Waals surface area contributed by atoms with Crippen molar-refractivity contribution in [3.8, 4) is 0 Å². The van der Waals surface area contributed by atoms with Crippen LogP contribution in [0, 0.1) is 0 Å². The Kier molecular flexibility index (Phi) is 3.37. The van der Waals surface area contributed by atoms with Gasteiger partial charge in [0.15, 0.2) is 0 Å². The fourth-order valence-corrected chi connectivity index (χ4v) is 1.77. The molecule has 2 aromatic rings. The second-order valence-corrected chi connectivity index (χ2v) is 4.50. The van der Waals surface area contributed by atoms with Crippen LogP contribution in [-0.4, -0.2) is 17.4 Å². The Morgan fingerprint density at radius 2 is 2.22 bits per heavy atom. The van der Waals surface area contributed by atoms with Crippen molar-refractivity contribution in [3.05, 3.63) is 41.6 Å². The first kappa shape index (κ1) is 12.2. The molecule has 1 aromatic heterocycles. The number of amides is 1. The summed E-state index contributed by atoms with van der Waals surface area (Å²) in [5, 5.41) is 3.70. The minimum absolute atomic E-state index is 0.0932. The Bertz CT molecular complexity index is 607. The van der Waals surface area contributed by atoms with E-state index < -0.39 is 0 Å². The Labute approximate surface area is 106 Å². The van der Waals surface area contributed by atoms with Gasteiger partial charge in [-0.2, -0.15) is 0 Å². The highest BCUT2D eigenvalue weighted by molar-refractivity contribution is 6.07. The van der Waals surface area contributed by atoms with Gasteiger partial charge in [-0.3, -0.25) is 4.79 Å². The highest BCUT2D eigenvalue weighted by atomic mass is 16.1. The largest absolute Gasteiger partial charge is 0.399 e.